The maximum absolute atomic E-state index is 13.2. The lowest BCUT2D eigenvalue weighted by Gasteiger charge is -2.16. The predicted molar refractivity (Wildman–Crippen MR) is 115 cm³/mol. The number of ether oxygens (including phenoxy) is 1. The highest BCUT2D eigenvalue weighted by Gasteiger charge is 2.37. The molecule has 0 fully saturated rings. The lowest BCUT2D eigenvalue weighted by atomic mass is 10.1. The number of nitrogens with zero attached hydrogens (tertiary/aromatic N) is 2. The molecule has 3 aromatic rings. The fraction of sp³-hybridized carbons (Fsp3) is 0.130. The molecule has 4 rings (SSSR count). The molecular formula is C23H17FN2O5S. The molecule has 0 N–H and O–H groups in total. The second kappa shape index (κ2) is 8.72. The van der Waals surface area contributed by atoms with E-state index in [0.29, 0.717) is 6.54 Å². The highest BCUT2D eigenvalue weighted by Crippen LogP contribution is 2.29. The summed E-state index contributed by atoms with van der Waals surface area (Å²) in [7, 11) is 1.61. The van der Waals surface area contributed by atoms with Crippen molar-refractivity contribution in [2.75, 3.05) is 18.6 Å². The third kappa shape index (κ3) is 4.15. The molecule has 0 aliphatic carbocycles. The van der Waals surface area contributed by atoms with Gasteiger partial charge in [0.2, 0.25) is 0 Å². The molecule has 0 atom stereocenters. The molecule has 0 saturated heterocycles. The molecule has 9 heteroatoms. The molecule has 0 radical (unpaired) electrons. The average Bonchev–Trinajstić information content (AvgIpc) is 3.38. The fourth-order valence-corrected chi connectivity index (χ4v) is 3.99. The number of halogens is 1. The van der Waals surface area contributed by atoms with Crippen molar-refractivity contribution < 1.29 is 28.3 Å². The van der Waals surface area contributed by atoms with Crippen LogP contribution in [0.4, 0.5) is 10.1 Å². The van der Waals surface area contributed by atoms with Gasteiger partial charge in [-0.15, -0.1) is 11.3 Å². The monoisotopic (exact) mass is 452 g/mol. The van der Waals surface area contributed by atoms with E-state index in [9.17, 15) is 23.6 Å². The molecule has 0 bridgehead atoms. The number of fused-ring (bicyclic) bond motifs is 1. The molecule has 0 saturated carbocycles. The molecule has 162 valence electrons. The Bertz CT molecular complexity index is 1210. The third-order valence-corrected chi connectivity index (χ3v) is 5.79. The van der Waals surface area contributed by atoms with E-state index < -0.39 is 30.2 Å². The first-order valence-corrected chi connectivity index (χ1v) is 10.4. The number of thiophene rings is 1. The number of esters is 1. The first kappa shape index (κ1) is 21.4. The first-order valence-electron chi connectivity index (χ1n) is 9.57. The molecule has 3 amide bonds. The molecule has 0 unspecified atom stereocenters. The Morgan fingerprint density at radius 1 is 1.03 bits per heavy atom. The number of hydrogen-bond acceptors (Lipinski definition) is 6. The Morgan fingerprint density at radius 2 is 1.75 bits per heavy atom. The Hall–Kier alpha value is -3.85. The predicted octanol–water partition coefficient (Wildman–Crippen LogP) is 3.50. The van der Waals surface area contributed by atoms with Crippen LogP contribution < -0.4 is 4.90 Å². The topological polar surface area (TPSA) is 84.0 Å². The number of imide groups is 1. The zero-order valence-corrected chi connectivity index (χ0v) is 17.7. The van der Waals surface area contributed by atoms with Gasteiger partial charge in [0.25, 0.3) is 17.7 Å². The van der Waals surface area contributed by atoms with Crippen LogP contribution in [0.1, 0.15) is 36.0 Å². The lowest BCUT2D eigenvalue weighted by Crippen LogP contribution is -2.30. The number of anilines is 1. The minimum Gasteiger partial charge on any atom is -0.452 e. The van der Waals surface area contributed by atoms with Gasteiger partial charge in [0, 0.05) is 11.9 Å². The van der Waals surface area contributed by atoms with Crippen molar-refractivity contribution in [1.29, 1.82) is 0 Å². The van der Waals surface area contributed by atoms with Gasteiger partial charge < -0.3 is 9.64 Å². The SMILES string of the molecule is CN(Cc1cccs1)C(=O)COC(=O)c1ccc2c(c1)C(=O)N(c1ccc(F)cc1)C2=O. The minimum atomic E-state index is -0.786. The van der Waals surface area contributed by atoms with Crippen molar-refractivity contribution in [1.82, 2.24) is 4.90 Å². The van der Waals surface area contributed by atoms with Crippen LogP contribution in [0.3, 0.4) is 0 Å². The highest BCUT2D eigenvalue weighted by molar-refractivity contribution is 7.09. The molecule has 0 spiro atoms. The van der Waals surface area contributed by atoms with Gasteiger partial charge in [-0.1, -0.05) is 6.07 Å². The van der Waals surface area contributed by atoms with Crippen molar-refractivity contribution in [2.24, 2.45) is 0 Å². The second-order valence-corrected chi connectivity index (χ2v) is 8.12. The fourth-order valence-electron chi connectivity index (χ4n) is 3.24. The number of rotatable bonds is 6. The van der Waals surface area contributed by atoms with Crippen molar-refractivity contribution >= 4 is 40.7 Å². The summed E-state index contributed by atoms with van der Waals surface area (Å²) in [5.74, 6) is -2.85. The summed E-state index contributed by atoms with van der Waals surface area (Å²) in [4.78, 5) is 53.4. The number of likely N-dealkylation sites (N-methyl/N-ethyl adjacent to an activating group) is 1. The smallest absolute Gasteiger partial charge is 0.338 e. The highest BCUT2D eigenvalue weighted by atomic mass is 32.1. The minimum absolute atomic E-state index is 0.0370. The molecular weight excluding hydrogens is 435 g/mol. The van der Waals surface area contributed by atoms with E-state index >= 15 is 0 Å². The van der Waals surface area contributed by atoms with Crippen molar-refractivity contribution in [2.45, 2.75) is 6.54 Å². The van der Waals surface area contributed by atoms with E-state index in [1.165, 1.54) is 46.6 Å². The standard InChI is InChI=1S/C23H17FN2O5S/c1-25(12-17-3-2-10-32-17)20(27)13-31-23(30)14-4-9-18-19(11-14)22(29)26(21(18)28)16-7-5-15(24)6-8-16/h2-11H,12-13H2,1H3. The van der Waals surface area contributed by atoms with Crippen molar-refractivity contribution in [3.8, 4) is 0 Å². The number of benzene rings is 2. The van der Waals surface area contributed by atoms with Gasteiger partial charge in [0.05, 0.1) is 28.9 Å². The Labute approximate surface area is 186 Å². The molecule has 7 nitrogen and oxygen atoms in total. The van der Waals surface area contributed by atoms with Crippen molar-refractivity contribution in [3.63, 3.8) is 0 Å². The van der Waals surface area contributed by atoms with Gasteiger partial charge in [-0.2, -0.15) is 0 Å². The Morgan fingerprint density at radius 3 is 2.44 bits per heavy atom. The number of hydrogen-bond donors (Lipinski definition) is 0. The van der Waals surface area contributed by atoms with E-state index in [1.54, 1.807) is 7.05 Å². The molecule has 1 aromatic heterocycles. The third-order valence-electron chi connectivity index (χ3n) is 4.93. The van der Waals surface area contributed by atoms with Crippen LogP contribution in [0.2, 0.25) is 0 Å². The van der Waals surface area contributed by atoms with Gasteiger partial charge in [-0.3, -0.25) is 14.4 Å². The summed E-state index contributed by atoms with van der Waals surface area (Å²) in [5.41, 5.74) is 0.429. The summed E-state index contributed by atoms with van der Waals surface area (Å²) in [5, 5.41) is 1.91. The van der Waals surface area contributed by atoms with Crippen LogP contribution in [-0.4, -0.2) is 42.2 Å². The summed E-state index contributed by atoms with van der Waals surface area (Å²) < 4.78 is 18.3. The van der Waals surface area contributed by atoms with E-state index in [0.717, 1.165) is 21.9 Å². The zero-order chi connectivity index (χ0) is 22.8. The number of amides is 3. The summed E-state index contributed by atoms with van der Waals surface area (Å²) in [6, 6.07) is 12.7. The van der Waals surface area contributed by atoms with Crippen LogP contribution in [0.25, 0.3) is 0 Å². The zero-order valence-electron chi connectivity index (χ0n) is 16.9. The van der Waals surface area contributed by atoms with Gasteiger partial charge >= 0.3 is 5.97 Å². The van der Waals surface area contributed by atoms with Crippen LogP contribution in [-0.2, 0) is 16.1 Å². The van der Waals surface area contributed by atoms with E-state index in [4.69, 9.17) is 4.74 Å². The van der Waals surface area contributed by atoms with E-state index in [-0.39, 0.29) is 28.3 Å². The number of carbonyl (C=O) groups excluding carboxylic acids is 4. The maximum atomic E-state index is 13.2. The first-order chi connectivity index (χ1) is 15.3. The Balaban J connectivity index is 1.44. The molecule has 2 aromatic carbocycles. The van der Waals surface area contributed by atoms with E-state index in [2.05, 4.69) is 0 Å². The van der Waals surface area contributed by atoms with Crippen LogP contribution in [0, 0.1) is 5.82 Å². The second-order valence-electron chi connectivity index (χ2n) is 7.09. The maximum Gasteiger partial charge on any atom is 0.338 e. The molecule has 1 aliphatic rings. The van der Waals surface area contributed by atoms with Crippen LogP contribution in [0.5, 0.6) is 0 Å². The van der Waals surface area contributed by atoms with Gasteiger partial charge in [0.15, 0.2) is 6.61 Å². The average molecular weight is 452 g/mol. The summed E-state index contributed by atoms with van der Waals surface area (Å²) in [6.07, 6.45) is 0. The molecule has 2 heterocycles. The van der Waals surface area contributed by atoms with Gasteiger partial charge in [0.1, 0.15) is 5.82 Å². The van der Waals surface area contributed by atoms with E-state index in [1.807, 2.05) is 17.5 Å². The molecule has 1 aliphatic heterocycles. The van der Waals surface area contributed by atoms with Gasteiger partial charge in [-0.05, 0) is 53.9 Å². The number of carbonyl (C=O) groups is 4. The largest absolute Gasteiger partial charge is 0.452 e. The Kier molecular flexibility index (Phi) is 5.83. The normalized spacial score (nSPS) is 12.6. The lowest BCUT2D eigenvalue weighted by molar-refractivity contribution is -0.133. The van der Waals surface area contributed by atoms with Crippen LogP contribution >= 0.6 is 11.3 Å². The van der Waals surface area contributed by atoms with Crippen molar-refractivity contribution in [3.05, 3.63) is 87.4 Å². The summed E-state index contributed by atoms with van der Waals surface area (Å²) in [6.45, 7) is -0.0465. The van der Waals surface area contributed by atoms with Crippen LogP contribution in [0.15, 0.2) is 60.0 Å². The van der Waals surface area contributed by atoms with Gasteiger partial charge in [-0.25, -0.2) is 14.1 Å². The quantitative estimate of drug-likeness (QED) is 0.422. The molecule has 32 heavy (non-hydrogen) atoms. The summed E-state index contributed by atoms with van der Waals surface area (Å²) >= 11 is 1.52.